The third-order valence-corrected chi connectivity index (χ3v) is 7.24. The second-order valence-electron chi connectivity index (χ2n) is 9.49. The Labute approximate surface area is 223 Å². The number of thiocarbonyl (C=S) groups is 1. The highest BCUT2D eigenvalue weighted by atomic mass is 32.1. The number of hydrogen-bond donors (Lipinski definition) is 2. The number of nitrogens with zero attached hydrogens (tertiary/aromatic N) is 3. The number of anilines is 1. The molecule has 5 rings (SSSR count). The normalized spacial score (nSPS) is 17.1. The van der Waals surface area contributed by atoms with E-state index < -0.39 is 0 Å². The van der Waals surface area contributed by atoms with E-state index in [1.54, 1.807) is 0 Å². The van der Waals surface area contributed by atoms with E-state index in [1.165, 1.54) is 11.1 Å². The lowest BCUT2D eigenvalue weighted by molar-refractivity contribution is -0.116. The standard InChI is InChI=1S/C30H31N5OS/c1-20-10-9-13-24(18-20)35-21(2)19-25(22(35)3)29-28(26-14-7-8-16-31-26)33-30(37)34(29)17-15-27(36)32-23-11-5-4-6-12-23/h4-14,16,18-19,28-29H,15,17H2,1-3H3,(H,32,36)(H,33,37)/t28-,29+/m1/s1. The van der Waals surface area contributed by atoms with Gasteiger partial charge in [0.05, 0.1) is 17.8 Å². The van der Waals surface area contributed by atoms with Gasteiger partial charge in [-0.2, -0.15) is 0 Å². The Kier molecular flexibility index (Phi) is 7.06. The summed E-state index contributed by atoms with van der Waals surface area (Å²) in [5, 5.41) is 7.12. The number of aryl methyl sites for hydroxylation is 2. The number of carbonyl (C=O) groups excluding carboxylic acids is 1. The molecule has 2 aromatic heterocycles. The van der Waals surface area contributed by atoms with E-state index in [1.807, 2.05) is 54.7 Å². The molecule has 0 bridgehead atoms. The van der Waals surface area contributed by atoms with Crippen molar-refractivity contribution in [2.45, 2.75) is 39.3 Å². The Hall–Kier alpha value is -3.97. The first kappa shape index (κ1) is 24.7. The molecule has 1 saturated heterocycles. The minimum absolute atomic E-state index is 0.0423. The van der Waals surface area contributed by atoms with Crippen molar-refractivity contribution in [2.24, 2.45) is 0 Å². The summed E-state index contributed by atoms with van der Waals surface area (Å²) in [7, 11) is 0. The van der Waals surface area contributed by atoms with E-state index in [4.69, 9.17) is 12.2 Å². The molecule has 6 nitrogen and oxygen atoms in total. The lowest BCUT2D eigenvalue weighted by Crippen LogP contribution is -2.32. The lowest BCUT2D eigenvalue weighted by Gasteiger charge is -2.28. The highest BCUT2D eigenvalue weighted by Gasteiger charge is 2.41. The number of aromatic nitrogens is 2. The molecular weight excluding hydrogens is 478 g/mol. The average Bonchev–Trinajstić information content (AvgIpc) is 3.38. The Morgan fingerprint density at radius 1 is 1.00 bits per heavy atom. The fraction of sp³-hybridized carbons (Fsp3) is 0.233. The second-order valence-corrected chi connectivity index (χ2v) is 9.87. The van der Waals surface area contributed by atoms with Gasteiger partial charge in [-0.3, -0.25) is 9.78 Å². The van der Waals surface area contributed by atoms with E-state index in [-0.39, 0.29) is 18.0 Å². The molecule has 37 heavy (non-hydrogen) atoms. The maximum Gasteiger partial charge on any atom is 0.226 e. The largest absolute Gasteiger partial charge is 0.352 e. The predicted octanol–water partition coefficient (Wildman–Crippen LogP) is 5.80. The molecule has 2 aromatic carbocycles. The van der Waals surface area contributed by atoms with Crippen LogP contribution in [0.25, 0.3) is 5.69 Å². The summed E-state index contributed by atoms with van der Waals surface area (Å²) < 4.78 is 2.29. The van der Waals surface area contributed by atoms with E-state index in [9.17, 15) is 4.79 Å². The Balaban J connectivity index is 1.48. The van der Waals surface area contributed by atoms with Gasteiger partial charge in [0.1, 0.15) is 0 Å². The topological polar surface area (TPSA) is 62.2 Å². The summed E-state index contributed by atoms with van der Waals surface area (Å²) in [6, 6.07) is 26.0. The molecule has 188 valence electrons. The third-order valence-electron chi connectivity index (χ3n) is 6.88. The van der Waals surface area contributed by atoms with E-state index in [0.717, 1.165) is 28.5 Å². The number of amides is 1. The van der Waals surface area contributed by atoms with Gasteiger partial charge >= 0.3 is 0 Å². The Bertz CT molecular complexity index is 1420. The highest BCUT2D eigenvalue weighted by molar-refractivity contribution is 7.80. The summed E-state index contributed by atoms with van der Waals surface area (Å²) in [6.45, 7) is 6.89. The van der Waals surface area contributed by atoms with Crippen molar-refractivity contribution in [1.82, 2.24) is 19.8 Å². The first-order chi connectivity index (χ1) is 17.9. The highest BCUT2D eigenvalue weighted by Crippen LogP contribution is 2.41. The lowest BCUT2D eigenvalue weighted by atomic mass is 9.96. The molecule has 0 unspecified atom stereocenters. The van der Waals surface area contributed by atoms with Gasteiger partial charge in [-0.1, -0.05) is 36.4 Å². The fourth-order valence-corrected chi connectivity index (χ4v) is 5.54. The van der Waals surface area contributed by atoms with Gasteiger partial charge in [0.15, 0.2) is 5.11 Å². The first-order valence-electron chi connectivity index (χ1n) is 12.5. The monoisotopic (exact) mass is 509 g/mol. The van der Waals surface area contributed by atoms with Crippen molar-refractivity contribution < 1.29 is 4.79 Å². The molecule has 2 atom stereocenters. The van der Waals surface area contributed by atoms with Gasteiger partial charge in [0.2, 0.25) is 5.91 Å². The van der Waals surface area contributed by atoms with Gasteiger partial charge in [-0.05, 0) is 86.6 Å². The first-order valence-corrected chi connectivity index (χ1v) is 12.9. The summed E-state index contributed by atoms with van der Waals surface area (Å²) >= 11 is 5.82. The zero-order valence-corrected chi connectivity index (χ0v) is 22.1. The van der Waals surface area contributed by atoms with Gasteiger partial charge in [0.25, 0.3) is 0 Å². The third kappa shape index (κ3) is 5.13. The number of para-hydroxylation sites is 1. The van der Waals surface area contributed by atoms with Crippen LogP contribution in [0.15, 0.2) is 85.1 Å². The van der Waals surface area contributed by atoms with Crippen LogP contribution in [0.4, 0.5) is 5.69 Å². The number of benzene rings is 2. The molecule has 0 spiro atoms. The molecule has 1 fully saturated rings. The SMILES string of the molecule is Cc1cccc(-n2c(C)cc([C@H]3[C@@H](c4ccccn4)NC(=S)N3CCC(=O)Nc3ccccc3)c2C)c1. The predicted molar refractivity (Wildman–Crippen MR) is 152 cm³/mol. The molecule has 1 aliphatic rings. The molecule has 1 amide bonds. The molecule has 0 radical (unpaired) electrons. The number of carbonyl (C=O) groups is 1. The number of rotatable bonds is 7. The summed E-state index contributed by atoms with van der Waals surface area (Å²) in [6.07, 6.45) is 2.13. The molecule has 2 N–H and O–H groups in total. The van der Waals surface area contributed by atoms with Gasteiger partial charge < -0.3 is 20.1 Å². The van der Waals surface area contributed by atoms with Crippen LogP contribution in [-0.4, -0.2) is 32.0 Å². The molecular formula is C30H31N5OS. The molecule has 0 aliphatic carbocycles. The molecule has 4 aromatic rings. The molecule has 0 saturated carbocycles. The fourth-order valence-electron chi connectivity index (χ4n) is 5.20. The molecule has 1 aliphatic heterocycles. The number of hydrogen-bond acceptors (Lipinski definition) is 3. The quantitative estimate of drug-likeness (QED) is 0.309. The van der Waals surface area contributed by atoms with Gasteiger partial charge in [0, 0.05) is 41.9 Å². The molecule has 3 heterocycles. The van der Waals surface area contributed by atoms with Crippen molar-refractivity contribution in [1.29, 1.82) is 0 Å². The molecule has 7 heteroatoms. The zero-order chi connectivity index (χ0) is 25.9. The average molecular weight is 510 g/mol. The van der Waals surface area contributed by atoms with Crippen LogP contribution in [0.1, 0.15) is 46.7 Å². The summed E-state index contributed by atoms with van der Waals surface area (Å²) in [5.74, 6) is -0.0423. The number of pyridine rings is 1. The number of nitrogens with one attached hydrogen (secondary N) is 2. The van der Waals surface area contributed by atoms with Gasteiger partial charge in [-0.15, -0.1) is 0 Å². The van der Waals surface area contributed by atoms with Crippen molar-refractivity contribution >= 4 is 28.9 Å². The second kappa shape index (κ2) is 10.6. The van der Waals surface area contributed by atoms with Crippen molar-refractivity contribution in [2.75, 3.05) is 11.9 Å². The Morgan fingerprint density at radius 3 is 2.51 bits per heavy atom. The Morgan fingerprint density at radius 2 is 1.78 bits per heavy atom. The minimum atomic E-state index is -0.127. The maximum absolute atomic E-state index is 12.8. The van der Waals surface area contributed by atoms with Crippen LogP contribution in [0.3, 0.4) is 0 Å². The van der Waals surface area contributed by atoms with Crippen molar-refractivity contribution in [3.05, 3.63) is 113 Å². The maximum atomic E-state index is 12.8. The van der Waals surface area contributed by atoms with Gasteiger partial charge in [-0.25, -0.2) is 0 Å². The van der Waals surface area contributed by atoms with Crippen LogP contribution < -0.4 is 10.6 Å². The van der Waals surface area contributed by atoms with Crippen LogP contribution >= 0.6 is 12.2 Å². The van der Waals surface area contributed by atoms with Crippen LogP contribution in [0.5, 0.6) is 0 Å². The van der Waals surface area contributed by atoms with E-state index in [0.29, 0.717) is 18.1 Å². The van der Waals surface area contributed by atoms with Crippen LogP contribution in [0, 0.1) is 20.8 Å². The van der Waals surface area contributed by atoms with Crippen LogP contribution in [-0.2, 0) is 4.79 Å². The summed E-state index contributed by atoms with van der Waals surface area (Å²) in [5.41, 5.74) is 7.54. The minimum Gasteiger partial charge on any atom is -0.352 e. The van der Waals surface area contributed by atoms with Crippen LogP contribution in [0.2, 0.25) is 0 Å². The summed E-state index contributed by atoms with van der Waals surface area (Å²) in [4.78, 5) is 19.6. The van der Waals surface area contributed by atoms with E-state index >= 15 is 0 Å². The van der Waals surface area contributed by atoms with Crippen molar-refractivity contribution in [3.63, 3.8) is 0 Å². The smallest absolute Gasteiger partial charge is 0.226 e. The van der Waals surface area contributed by atoms with E-state index in [2.05, 4.69) is 76.2 Å². The van der Waals surface area contributed by atoms with Crippen molar-refractivity contribution in [3.8, 4) is 5.69 Å². The zero-order valence-electron chi connectivity index (χ0n) is 21.3.